The van der Waals surface area contributed by atoms with Crippen molar-refractivity contribution in [2.24, 2.45) is 5.41 Å². The molecule has 0 aromatic heterocycles. The molecule has 1 aromatic carbocycles. The fourth-order valence-corrected chi connectivity index (χ4v) is 3.48. The van der Waals surface area contributed by atoms with Crippen molar-refractivity contribution in [1.29, 1.82) is 0 Å². The second-order valence-electron chi connectivity index (χ2n) is 5.36. The number of carboxylic acids is 1. The molecule has 0 spiro atoms. The minimum atomic E-state index is -0.656. The topological polar surface area (TPSA) is 40.5 Å². The van der Waals surface area contributed by atoms with Crippen LogP contribution in [0.5, 0.6) is 0 Å². The Morgan fingerprint density at radius 2 is 2.21 bits per heavy atom. The molecule has 104 valence electrons. The maximum atomic E-state index is 11.5. The highest BCUT2D eigenvalue weighted by molar-refractivity contribution is 9.10. The lowest BCUT2D eigenvalue weighted by molar-refractivity contribution is -0.148. The lowest BCUT2D eigenvalue weighted by Crippen LogP contribution is -2.35. The first-order chi connectivity index (χ1) is 9.00. The van der Waals surface area contributed by atoms with Gasteiger partial charge >= 0.3 is 5.97 Å². The van der Waals surface area contributed by atoms with Crippen LogP contribution in [0.15, 0.2) is 28.7 Å². The Hall–Kier alpha value is -0.870. The zero-order valence-electron chi connectivity index (χ0n) is 11.4. The van der Waals surface area contributed by atoms with Crippen LogP contribution >= 0.6 is 15.9 Å². The number of benzene rings is 1. The van der Waals surface area contributed by atoms with Crippen LogP contribution in [0.3, 0.4) is 0 Å². The molecular formula is C15H20BrNO2. The lowest BCUT2D eigenvalue weighted by Gasteiger charge is -2.28. The molecule has 1 aliphatic heterocycles. The second kappa shape index (κ2) is 5.63. The van der Waals surface area contributed by atoms with Crippen LogP contribution in [0.4, 0.5) is 0 Å². The highest BCUT2D eigenvalue weighted by atomic mass is 79.9. The zero-order valence-corrected chi connectivity index (χ0v) is 13.0. The number of hydrogen-bond acceptors (Lipinski definition) is 2. The van der Waals surface area contributed by atoms with E-state index in [1.807, 2.05) is 25.1 Å². The minimum Gasteiger partial charge on any atom is -0.481 e. The summed E-state index contributed by atoms with van der Waals surface area (Å²) in [5, 5.41) is 9.45. The maximum absolute atomic E-state index is 11.5. The van der Waals surface area contributed by atoms with Crippen molar-refractivity contribution in [3.05, 3.63) is 34.3 Å². The molecule has 1 fully saturated rings. The van der Waals surface area contributed by atoms with Gasteiger partial charge in [-0.15, -0.1) is 0 Å². The van der Waals surface area contributed by atoms with E-state index in [1.165, 1.54) is 5.56 Å². The normalized spacial score (nSPS) is 25.4. The summed E-state index contributed by atoms with van der Waals surface area (Å²) >= 11 is 3.58. The maximum Gasteiger partial charge on any atom is 0.310 e. The number of aliphatic carboxylic acids is 1. The molecule has 2 unspecified atom stereocenters. The molecule has 19 heavy (non-hydrogen) atoms. The quantitative estimate of drug-likeness (QED) is 0.917. The summed E-state index contributed by atoms with van der Waals surface area (Å²) in [4.78, 5) is 13.8. The second-order valence-corrected chi connectivity index (χ2v) is 6.21. The predicted octanol–water partition coefficient (Wildman–Crippen LogP) is 3.70. The van der Waals surface area contributed by atoms with Gasteiger partial charge in [0.15, 0.2) is 0 Å². The number of nitrogens with zero attached hydrogens (tertiary/aromatic N) is 1. The smallest absolute Gasteiger partial charge is 0.310 e. The molecule has 0 bridgehead atoms. The highest BCUT2D eigenvalue weighted by Crippen LogP contribution is 2.39. The summed E-state index contributed by atoms with van der Waals surface area (Å²) in [6.45, 7) is 5.61. The number of carboxylic acid groups (broad SMARTS) is 1. The van der Waals surface area contributed by atoms with Crippen LogP contribution in [0.1, 0.15) is 38.3 Å². The monoisotopic (exact) mass is 325 g/mol. The van der Waals surface area contributed by atoms with Crippen LogP contribution in [0.2, 0.25) is 0 Å². The van der Waals surface area contributed by atoms with E-state index < -0.39 is 11.4 Å². The van der Waals surface area contributed by atoms with Gasteiger partial charge in [-0.05, 0) is 37.9 Å². The lowest BCUT2D eigenvalue weighted by atomic mass is 9.84. The average molecular weight is 326 g/mol. The summed E-state index contributed by atoms with van der Waals surface area (Å²) in [6.07, 6.45) is 1.44. The van der Waals surface area contributed by atoms with Gasteiger partial charge in [0.1, 0.15) is 0 Å². The molecule has 1 heterocycles. The predicted molar refractivity (Wildman–Crippen MR) is 79.1 cm³/mol. The molecule has 4 heteroatoms. The molecule has 2 atom stereocenters. The van der Waals surface area contributed by atoms with Gasteiger partial charge in [0, 0.05) is 17.1 Å². The third-order valence-electron chi connectivity index (χ3n) is 4.42. The molecule has 0 amide bonds. The Balaban J connectivity index is 2.17. The van der Waals surface area contributed by atoms with Gasteiger partial charge in [0.25, 0.3) is 0 Å². The van der Waals surface area contributed by atoms with Crippen molar-refractivity contribution in [3.63, 3.8) is 0 Å². The van der Waals surface area contributed by atoms with Crippen molar-refractivity contribution in [2.45, 2.75) is 32.7 Å². The SMILES string of the molecule is CCC1(C(=O)O)CCN(C(C)c2ccccc2Br)C1. The van der Waals surface area contributed by atoms with Crippen molar-refractivity contribution in [2.75, 3.05) is 13.1 Å². The summed E-state index contributed by atoms with van der Waals surface area (Å²) < 4.78 is 1.09. The van der Waals surface area contributed by atoms with Crippen molar-refractivity contribution >= 4 is 21.9 Å². The Bertz CT molecular complexity index is 477. The van der Waals surface area contributed by atoms with Gasteiger partial charge in [-0.3, -0.25) is 9.69 Å². The molecule has 0 saturated carbocycles. The molecule has 0 radical (unpaired) electrons. The number of likely N-dealkylation sites (tertiary alicyclic amines) is 1. The van der Waals surface area contributed by atoms with Crippen LogP contribution in [0, 0.1) is 5.41 Å². The van der Waals surface area contributed by atoms with Gasteiger partial charge in [0.2, 0.25) is 0 Å². The van der Waals surface area contributed by atoms with Gasteiger partial charge in [-0.1, -0.05) is 41.1 Å². The standard InChI is InChI=1S/C15H20BrNO2/c1-3-15(14(18)19)8-9-17(10-15)11(2)12-6-4-5-7-13(12)16/h4-7,11H,3,8-10H2,1-2H3,(H,18,19). The van der Waals surface area contributed by atoms with E-state index in [1.54, 1.807) is 0 Å². The van der Waals surface area contributed by atoms with Gasteiger partial charge < -0.3 is 5.11 Å². The first-order valence-corrected chi connectivity index (χ1v) is 7.51. The Kier molecular flexibility index (Phi) is 4.31. The minimum absolute atomic E-state index is 0.239. The molecule has 1 N–H and O–H groups in total. The Morgan fingerprint density at radius 1 is 1.53 bits per heavy atom. The summed E-state index contributed by atoms with van der Waals surface area (Å²) in [6, 6.07) is 8.39. The van der Waals surface area contributed by atoms with E-state index in [0.29, 0.717) is 13.0 Å². The summed E-state index contributed by atoms with van der Waals surface area (Å²) in [5.74, 6) is -0.656. The molecule has 3 nitrogen and oxygen atoms in total. The number of hydrogen-bond donors (Lipinski definition) is 1. The summed E-state index contributed by atoms with van der Waals surface area (Å²) in [7, 11) is 0. The van der Waals surface area contributed by atoms with Crippen LogP contribution in [-0.4, -0.2) is 29.1 Å². The van der Waals surface area contributed by atoms with E-state index in [9.17, 15) is 9.90 Å². The van der Waals surface area contributed by atoms with Gasteiger partial charge in [-0.2, -0.15) is 0 Å². The molecule has 1 saturated heterocycles. The van der Waals surface area contributed by atoms with Crippen LogP contribution in [0.25, 0.3) is 0 Å². The molecule has 1 aromatic rings. The molecule has 1 aliphatic rings. The Morgan fingerprint density at radius 3 is 2.74 bits per heavy atom. The largest absolute Gasteiger partial charge is 0.481 e. The fourth-order valence-electron chi connectivity index (χ4n) is 2.86. The van der Waals surface area contributed by atoms with Crippen molar-refractivity contribution in [1.82, 2.24) is 4.90 Å². The number of rotatable bonds is 4. The fraction of sp³-hybridized carbons (Fsp3) is 0.533. The molecule has 0 aliphatic carbocycles. The number of halogens is 1. The van der Waals surface area contributed by atoms with Crippen LogP contribution < -0.4 is 0 Å². The number of carbonyl (C=O) groups is 1. The van der Waals surface area contributed by atoms with E-state index >= 15 is 0 Å². The summed E-state index contributed by atoms with van der Waals surface area (Å²) in [5.41, 5.74) is 0.662. The molecular weight excluding hydrogens is 306 g/mol. The zero-order chi connectivity index (χ0) is 14.0. The van der Waals surface area contributed by atoms with E-state index in [0.717, 1.165) is 17.4 Å². The first kappa shape index (κ1) is 14.5. The van der Waals surface area contributed by atoms with Gasteiger partial charge in [0.05, 0.1) is 5.41 Å². The molecule has 2 rings (SSSR count). The van der Waals surface area contributed by atoms with Gasteiger partial charge in [-0.25, -0.2) is 0 Å². The van der Waals surface area contributed by atoms with E-state index in [-0.39, 0.29) is 6.04 Å². The first-order valence-electron chi connectivity index (χ1n) is 6.72. The Labute approximate surface area is 122 Å². The third-order valence-corrected chi connectivity index (χ3v) is 5.14. The van der Waals surface area contributed by atoms with Crippen LogP contribution in [-0.2, 0) is 4.79 Å². The third kappa shape index (κ3) is 2.70. The van der Waals surface area contributed by atoms with E-state index in [4.69, 9.17) is 0 Å². The average Bonchev–Trinajstić information content (AvgIpc) is 2.84. The van der Waals surface area contributed by atoms with E-state index in [2.05, 4.69) is 33.8 Å². The highest BCUT2D eigenvalue weighted by Gasteiger charge is 2.44. The van der Waals surface area contributed by atoms with Crippen molar-refractivity contribution in [3.8, 4) is 0 Å². The van der Waals surface area contributed by atoms with Crippen molar-refractivity contribution < 1.29 is 9.90 Å².